The van der Waals surface area contributed by atoms with Crippen LogP contribution in [0.2, 0.25) is 5.02 Å². The van der Waals surface area contributed by atoms with E-state index in [4.69, 9.17) is 16.0 Å². The quantitative estimate of drug-likeness (QED) is 0.669. The zero-order chi connectivity index (χ0) is 19.0. The van der Waals surface area contributed by atoms with Gasteiger partial charge in [-0.2, -0.15) is 0 Å². The number of amides is 1. The van der Waals surface area contributed by atoms with Crippen LogP contribution in [0.5, 0.6) is 0 Å². The number of nitrogens with zero attached hydrogens (tertiary/aromatic N) is 1. The van der Waals surface area contributed by atoms with Gasteiger partial charge in [0.2, 0.25) is 0 Å². The molecule has 136 valence electrons. The number of hydrogen-bond acceptors (Lipinski definition) is 3. The summed E-state index contributed by atoms with van der Waals surface area (Å²) >= 11 is 6.04. The Kier molecular flexibility index (Phi) is 4.50. The molecule has 1 atom stereocenters. The van der Waals surface area contributed by atoms with Crippen molar-refractivity contribution in [2.75, 3.05) is 0 Å². The van der Waals surface area contributed by atoms with Gasteiger partial charge in [-0.1, -0.05) is 53.6 Å². The van der Waals surface area contributed by atoms with E-state index in [0.29, 0.717) is 16.4 Å². The maximum absolute atomic E-state index is 12.9. The fourth-order valence-corrected chi connectivity index (χ4v) is 3.53. The Morgan fingerprint density at radius 1 is 1.07 bits per heavy atom. The molecule has 27 heavy (non-hydrogen) atoms. The number of aliphatic hydroxyl groups is 1. The van der Waals surface area contributed by atoms with Crippen LogP contribution >= 0.6 is 11.6 Å². The molecule has 2 heterocycles. The SMILES string of the molecule is Cc1ccc(C2=C(O)C(=O)N(Cc3ccco3)[C@H]2c2ccc(Cl)cc2)cc1. The molecule has 5 heteroatoms. The molecule has 3 aromatic rings. The molecule has 4 nitrogen and oxygen atoms in total. The summed E-state index contributed by atoms with van der Waals surface area (Å²) in [4.78, 5) is 14.5. The van der Waals surface area contributed by atoms with E-state index in [1.54, 1.807) is 29.4 Å². The average Bonchev–Trinajstić information content (AvgIpc) is 3.26. The van der Waals surface area contributed by atoms with Crippen molar-refractivity contribution in [3.63, 3.8) is 0 Å². The topological polar surface area (TPSA) is 53.7 Å². The van der Waals surface area contributed by atoms with Crippen LogP contribution in [-0.4, -0.2) is 15.9 Å². The van der Waals surface area contributed by atoms with Crippen LogP contribution in [0.25, 0.3) is 5.57 Å². The molecule has 1 aliphatic rings. The molecule has 0 fully saturated rings. The van der Waals surface area contributed by atoms with Crippen molar-refractivity contribution in [3.05, 3.63) is 100 Å². The standard InChI is InChI=1S/C22H18ClNO3/c1-14-4-6-15(7-5-14)19-20(16-8-10-17(23)11-9-16)24(22(26)21(19)25)13-18-3-2-12-27-18/h2-12,20,25H,13H2,1H3/t20-/m0/s1. The van der Waals surface area contributed by atoms with Gasteiger partial charge in [0.25, 0.3) is 5.91 Å². The summed E-state index contributed by atoms with van der Waals surface area (Å²) < 4.78 is 5.42. The average molecular weight is 380 g/mol. The molecular weight excluding hydrogens is 362 g/mol. The summed E-state index contributed by atoms with van der Waals surface area (Å²) in [6.07, 6.45) is 1.57. The molecule has 0 radical (unpaired) electrons. The van der Waals surface area contributed by atoms with E-state index in [-0.39, 0.29) is 12.3 Å². The Bertz CT molecular complexity index is 989. The molecule has 1 aromatic heterocycles. The van der Waals surface area contributed by atoms with Crippen LogP contribution in [-0.2, 0) is 11.3 Å². The monoisotopic (exact) mass is 379 g/mol. The highest BCUT2D eigenvalue weighted by Gasteiger charge is 2.41. The van der Waals surface area contributed by atoms with Gasteiger partial charge in [0.05, 0.1) is 18.8 Å². The van der Waals surface area contributed by atoms with Gasteiger partial charge in [-0.25, -0.2) is 0 Å². The fraction of sp³-hybridized carbons (Fsp3) is 0.136. The van der Waals surface area contributed by atoms with Crippen molar-refractivity contribution in [1.82, 2.24) is 4.90 Å². The molecule has 0 aliphatic carbocycles. The Balaban J connectivity index is 1.82. The molecule has 1 aliphatic heterocycles. The second-order valence-corrected chi connectivity index (χ2v) is 7.03. The van der Waals surface area contributed by atoms with Gasteiger partial charge >= 0.3 is 0 Å². The van der Waals surface area contributed by atoms with Gasteiger partial charge in [-0.15, -0.1) is 0 Å². The number of carbonyl (C=O) groups excluding carboxylic acids is 1. The lowest BCUT2D eigenvalue weighted by Crippen LogP contribution is -2.29. The van der Waals surface area contributed by atoms with Crippen LogP contribution < -0.4 is 0 Å². The second-order valence-electron chi connectivity index (χ2n) is 6.59. The van der Waals surface area contributed by atoms with Crippen molar-refractivity contribution >= 4 is 23.1 Å². The summed E-state index contributed by atoms with van der Waals surface area (Å²) in [5.74, 6) is 0.00699. The van der Waals surface area contributed by atoms with Crippen LogP contribution in [0.4, 0.5) is 0 Å². The highest BCUT2D eigenvalue weighted by Crippen LogP contribution is 2.43. The van der Waals surface area contributed by atoms with E-state index in [1.165, 1.54) is 0 Å². The highest BCUT2D eigenvalue weighted by atomic mass is 35.5. The van der Waals surface area contributed by atoms with E-state index < -0.39 is 11.9 Å². The zero-order valence-corrected chi connectivity index (χ0v) is 15.5. The summed E-state index contributed by atoms with van der Waals surface area (Å²) in [6, 6.07) is 18.3. The Labute approximate surface area is 162 Å². The first-order valence-corrected chi connectivity index (χ1v) is 9.01. The molecule has 4 rings (SSSR count). The van der Waals surface area contributed by atoms with Gasteiger partial charge < -0.3 is 14.4 Å². The van der Waals surface area contributed by atoms with Crippen molar-refractivity contribution in [2.45, 2.75) is 19.5 Å². The Morgan fingerprint density at radius 3 is 2.41 bits per heavy atom. The largest absolute Gasteiger partial charge is 0.503 e. The molecule has 0 saturated carbocycles. The maximum atomic E-state index is 12.9. The van der Waals surface area contributed by atoms with Gasteiger partial charge in [-0.05, 0) is 42.3 Å². The summed E-state index contributed by atoms with van der Waals surface area (Å²) in [5.41, 5.74) is 3.39. The first-order valence-electron chi connectivity index (χ1n) is 8.63. The smallest absolute Gasteiger partial charge is 0.290 e. The predicted octanol–water partition coefficient (Wildman–Crippen LogP) is 5.29. The lowest BCUT2D eigenvalue weighted by atomic mass is 9.93. The van der Waals surface area contributed by atoms with Crippen molar-refractivity contribution < 1.29 is 14.3 Å². The molecule has 1 amide bonds. The third kappa shape index (κ3) is 3.24. The molecule has 0 bridgehead atoms. The number of halogens is 1. The minimum Gasteiger partial charge on any atom is -0.503 e. The van der Waals surface area contributed by atoms with E-state index in [1.807, 2.05) is 49.4 Å². The minimum atomic E-state index is -0.428. The lowest BCUT2D eigenvalue weighted by Gasteiger charge is -2.26. The van der Waals surface area contributed by atoms with Crippen LogP contribution in [0.1, 0.15) is 28.5 Å². The lowest BCUT2D eigenvalue weighted by molar-refractivity contribution is -0.130. The molecule has 2 aromatic carbocycles. The maximum Gasteiger partial charge on any atom is 0.290 e. The number of carbonyl (C=O) groups is 1. The predicted molar refractivity (Wildman–Crippen MR) is 104 cm³/mol. The molecular formula is C22H18ClNO3. The molecule has 0 saturated heterocycles. The number of aliphatic hydroxyl groups excluding tert-OH is 1. The summed E-state index contributed by atoms with van der Waals surface area (Å²) in [7, 11) is 0. The van der Waals surface area contributed by atoms with E-state index >= 15 is 0 Å². The summed E-state index contributed by atoms with van der Waals surface area (Å²) in [5, 5.41) is 11.3. The van der Waals surface area contributed by atoms with Crippen LogP contribution in [0, 0.1) is 6.92 Å². The van der Waals surface area contributed by atoms with E-state index in [2.05, 4.69) is 0 Å². The van der Waals surface area contributed by atoms with E-state index in [0.717, 1.165) is 16.7 Å². The first kappa shape index (κ1) is 17.4. The molecule has 0 spiro atoms. The number of benzene rings is 2. The Hall–Kier alpha value is -2.98. The zero-order valence-electron chi connectivity index (χ0n) is 14.7. The van der Waals surface area contributed by atoms with Crippen molar-refractivity contribution in [1.29, 1.82) is 0 Å². The highest BCUT2D eigenvalue weighted by molar-refractivity contribution is 6.30. The van der Waals surface area contributed by atoms with Gasteiger partial charge in [0, 0.05) is 10.6 Å². The first-order chi connectivity index (χ1) is 13.0. The van der Waals surface area contributed by atoms with Gasteiger partial charge in [0.1, 0.15) is 5.76 Å². The Morgan fingerprint density at radius 2 is 1.78 bits per heavy atom. The molecule has 0 unspecified atom stereocenters. The van der Waals surface area contributed by atoms with E-state index in [9.17, 15) is 9.90 Å². The van der Waals surface area contributed by atoms with Crippen molar-refractivity contribution in [2.24, 2.45) is 0 Å². The van der Waals surface area contributed by atoms with Gasteiger partial charge in [0.15, 0.2) is 5.76 Å². The van der Waals surface area contributed by atoms with Gasteiger partial charge in [-0.3, -0.25) is 4.79 Å². The third-order valence-electron chi connectivity index (χ3n) is 4.76. The normalized spacial score (nSPS) is 17.0. The summed E-state index contributed by atoms with van der Waals surface area (Å²) in [6.45, 7) is 2.26. The molecule has 1 N–H and O–H groups in total. The van der Waals surface area contributed by atoms with Crippen LogP contribution in [0.3, 0.4) is 0 Å². The number of rotatable bonds is 4. The number of hydrogen-bond donors (Lipinski definition) is 1. The third-order valence-corrected chi connectivity index (χ3v) is 5.01. The minimum absolute atomic E-state index is 0.231. The van der Waals surface area contributed by atoms with Crippen molar-refractivity contribution in [3.8, 4) is 0 Å². The fourth-order valence-electron chi connectivity index (χ4n) is 3.41. The van der Waals surface area contributed by atoms with Crippen LogP contribution in [0.15, 0.2) is 77.1 Å². The number of aryl methyl sites for hydroxylation is 1. The number of furan rings is 1. The second kappa shape index (κ2) is 6.97.